The second-order valence-corrected chi connectivity index (χ2v) is 9.51. The maximum atomic E-state index is 12.6. The molecule has 0 radical (unpaired) electrons. The van der Waals surface area contributed by atoms with Gasteiger partial charge in [-0.25, -0.2) is 15.0 Å². The van der Waals surface area contributed by atoms with Crippen LogP contribution in [-0.2, 0) is 18.4 Å². The second-order valence-electron chi connectivity index (χ2n) is 9.51. The standard InChI is InChI=1S/C27H27N9O4/c1-6-18-9-7-10-19(13-18)31-25-20-14-23(28-15-21(20)29-17-30-25)32-24(37)11-8-12-36(3,4)16-22-26(35(38)39)33-27(40-5)34(22)2/h1,7-11,13-15,17H,12,16H2,2-5H3,(H-,28,29,30,31,32,37)/p+1. The van der Waals surface area contributed by atoms with Crippen molar-refractivity contribution < 1.29 is 18.9 Å². The third-order valence-corrected chi connectivity index (χ3v) is 6.02. The number of hydrogen-bond donors (Lipinski definition) is 2. The zero-order chi connectivity index (χ0) is 28.9. The number of carbonyl (C=O) groups is 1. The molecule has 1 aromatic carbocycles. The molecule has 0 unspecified atom stereocenters. The molecule has 0 saturated heterocycles. The number of methoxy groups -OCH3 is 1. The van der Waals surface area contributed by atoms with E-state index in [9.17, 15) is 14.9 Å². The average molecular weight is 543 g/mol. The van der Waals surface area contributed by atoms with E-state index in [1.54, 1.807) is 30.0 Å². The quantitative estimate of drug-likeness (QED) is 0.101. The number of aromatic nitrogens is 5. The first-order valence-electron chi connectivity index (χ1n) is 12.1. The number of amides is 1. The predicted octanol–water partition coefficient (Wildman–Crippen LogP) is 3.17. The Kier molecular flexibility index (Phi) is 8.02. The Morgan fingerprint density at radius 3 is 2.80 bits per heavy atom. The summed E-state index contributed by atoms with van der Waals surface area (Å²) in [6.45, 7) is 0.712. The number of imidazole rings is 1. The third kappa shape index (κ3) is 6.37. The summed E-state index contributed by atoms with van der Waals surface area (Å²) in [4.78, 5) is 40.4. The van der Waals surface area contributed by atoms with Gasteiger partial charge in [-0.15, -0.1) is 6.42 Å². The minimum absolute atomic E-state index is 0.157. The first-order chi connectivity index (χ1) is 19.1. The largest absolute Gasteiger partial charge is 0.449 e. The molecule has 40 heavy (non-hydrogen) atoms. The number of anilines is 3. The van der Waals surface area contributed by atoms with Crippen LogP contribution in [0.5, 0.6) is 6.01 Å². The molecule has 0 saturated carbocycles. The number of rotatable bonds is 10. The van der Waals surface area contributed by atoms with Gasteiger partial charge in [0.05, 0.1) is 39.5 Å². The number of terminal acetylenes is 1. The van der Waals surface area contributed by atoms with Gasteiger partial charge in [-0.1, -0.05) is 12.0 Å². The van der Waals surface area contributed by atoms with Crippen molar-refractivity contribution in [3.8, 4) is 18.4 Å². The van der Waals surface area contributed by atoms with Gasteiger partial charge in [-0.2, -0.15) is 0 Å². The molecule has 13 nitrogen and oxygen atoms in total. The fraction of sp³-hybridized carbons (Fsp3) is 0.222. The van der Waals surface area contributed by atoms with Crippen LogP contribution in [0.1, 0.15) is 11.3 Å². The van der Waals surface area contributed by atoms with Gasteiger partial charge in [0.25, 0.3) is 0 Å². The second kappa shape index (κ2) is 11.6. The fourth-order valence-electron chi connectivity index (χ4n) is 4.03. The highest BCUT2D eigenvalue weighted by molar-refractivity contribution is 6.00. The number of fused-ring (bicyclic) bond motifs is 1. The van der Waals surface area contributed by atoms with Gasteiger partial charge in [-0.05, 0) is 35.3 Å². The molecule has 204 valence electrons. The summed E-state index contributed by atoms with van der Waals surface area (Å²) in [7, 11) is 6.85. The minimum atomic E-state index is -0.530. The normalized spacial score (nSPS) is 11.4. The third-order valence-electron chi connectivity index (χ3n) is 6.02. The Labute approximate surface area is 230 Å². The van der Waals surface area contributed by atoms with E-state index < -0.39 is 4.92 Å². The van der Waals surface area contributed by atoms with Gasteiger partial charge in [0.15, 0.2) is 5.69 Å². The molecule has 0 fully saturated rings. The Morgan fingerprint density at radius 1 is 1.27 bits per heavy atom. The highest BCUT2D eigenvalue weighted by Crippen LogP contribution is 2.26. The number of nitro groups is 1. The lowest BCUT2D eigenvalue weighted by Gasteiger charge is -2.27. The summed E-state index contributed by atoms with van der Waals surface area (Å²) >= 11 is 0. The smallest absolute Gasteiger partial charge is 0.414 e. The van der Waals surface area contributed by atoms with Gasteiger partial charge in [-0.3, -0.25) is 9.36 Å². The Morgan fingerprint density at radius 2 is 2.08 bits per heavy atom. The number of quaternary nitrogens is 1. The summed E-state index contributed by atoms with van der Waals surface area (Å²) < 4.78 is 7.00. The van der Waals surface area contributed by atoms with Crippen LogP contribution in [0, 0.1) is 22.5 Å². The molecular weight excluding hydrogens is 514 g/mol. The van der Waals surface area contributed by atoms with Crippen molar-refractivity contribution in [3.63, 3.8) is 0 Å². The number of pyridine rings is 1. The molecule has 3 aromatic heterocycles. The van der Waals surface area contributed by atoms with Crippen molar-refractivity contribution in [2.45, 2.75) is 6.54 Å². The number of benzene rings is 1. The van der Waals surface area contributed by atoms with Crippen molar-refractivity contribution in [3.05, 3.63) is 76.4 Å². The van der Waals surface area contributed by atoms with Crippen molar-refractivity contribution in [2.75, 3.05) is 38.4 Å². The van der Waals surface area contributed by atoms with E-state index >= 15 is 0 Å². The van der Waals surface area contributed by atoms with E-state index in [4.69, 9.17) is 11.2 Å². The first-order valence-corrected chi connectivity index (χ1v) is 12.1. The molecule has 2 N–H and O–H groups in total. The van der Waals surface area contributed by atoms with Crippen LogP contribution >= 0.6 is 0 Å². The van der Waals surface area contributed by atoms with Crippen LogP contribution in [-0.4, -0.2) is 67.6 Å². The highest BCUT2D eigenvalue weighted by Gasteiger charge is 2.31. The Balaban J connectivity index is 1.44. The lowest BCUT2D eigenvalue weighted by atomic mass is 10.2. The highest BCUT2D eigenvalue weighted by atomic mass is 16.6. The van der Waals surface area contributed by atoms with E-state index in [2.05, 4.69) is 36.5 Å². The summed E-state index contributed by atoms with van der Waals surface area (Å²) in [5, 5.41) is 18.1. The average Bonchev–Trinajstić information content (AvgIpc) is 3.23. The molecule has 0 aliphatic carbocycles. The van der Waals surface area contributed by atoms with E-state index in [1.165, 1.54) is 19.5 Å². The molecule has 0 aliphatic heterocycles. The van der Waals surface area contributed by atoms with Crippen molar-refractivity contribution in [1.29, 1.82) is 0 Å². The topological polar surface area (TPSA) is 150 Å². The maximum Gasteiger partial charge on any atom is 0.414 e. The van der Waals surface area contributed by atoms with E-state index in [0.29, 0.717) is 45.8 Å². The monoisotopic (exact) mass is 542 g/mol. The lowest BCUT2D eigenvalue weighted by molar-refractivity contribution is -0.898. The summed E-state index contributed by atoms with van der Waals surface area (Å²) in [5.74, 6) is 2.82. The maximum absolute atomic E-state index is 12.6. The van der Waals surface area contributed by atoms with Gasteiger partial charge in [0.1, 0.15) is 24.5 Å². The minimum Gasteiger partial charge on any atom is -0.449 e. The number of ether oxygens (including phenoxy) is 1. The molecule has 4 aromatic rings. The van der Waals surface area contributed by atoms with Crippen LogP contribution < -0.4 is 15.4 Å². The van der Waals surface area contributed by atoms with Crippen molar-refractivity contribution >= 4 is 40.0 Å². The molecule has 0 atom stereocenters. The number of likely N-dealkylation sites (N-methyl/N-ethyl adjacent to an activating group) is 1. The Bertz CT molecular complexity index is 1650. The molecule has 0 spiro atoms. The fourth-order valence-corrected chi connectivity index (χ4v) is 4.03. The molecule has 4 rings (SSSR count). The SMILES string of the molecule is C#Cc1cccc(Nc2ncnc3cnc(NC(=O)C=CC[N+](C)(C)Cc4c([N+](=O)[O-])nc(OC)n4C)cc23)c1. The van der Waals surface area contributed by atoms with Gasteiger partial charge in [0, 0.05) is 34.7 Å². The van der Waals surface area contributed by atoms with Crippen LogP contribution in [0.15, 0.2) is 55.0 Å². The van der Waals surface area contributed by atoms with Crippen molar-refractivity contribution in [2.24, 2.45) is 7.05 Å². The van der Waals surface area contributed by atoms with Gasteiger partial charge < -0.3 is 30.0 Å². The number of nitrogens with zero attached hydrogens (tertiary/aromatic N) is 7. The number of hydrogen-bond acceptors (Lipinski definition) is 9. The summed E-state index contributed by atoms with van der Waals surface area (Å²) in [6.07, 6.45) is 11.6. The lowest BCUT2D eigenvalue weighted by Crippen LogP contribution is -2.39. The molecule has 1 amide bonds. The zero-order valence-electron chi connectivity index (χ0n) is 22.5. The molecule has 3 heterocycles. The summed E-state index contributed by atoms with van der Waals surface area (Å²) in [5.41, 5.74) is 2.50. The molecule has 0 aliphatic rings. The first kappa shape index (κ1) is 27.7. The van der Waals surface area contributed by atoms with Gasteiger partial charge in [0.2, 0.25) is 5.91 Å². The Hall–Kier alpha value is -5.35. The summed E-state index contributed by atoms with van der Waals surface area (Å²) in [6, 6.07) is 9.20. The zero-order valence-corrected chi connectivity index (χ0v) is 22.5. The van der Waals surface area contributed by atoms with Crippen molar-refractivity contribution in [1.82, 2.24) is 24.5 Å². The molecular formula is C27H28N9O4+. The number of carbonyl (C=O) groups excluding carboxylic acids is 1. The number of nitrogens with one attached hydrogen (secondary N) is 2. The van der Waals surface area contributed by atoms with E-state index in [-0.39, 0.29) is 17.7 Å². The van der Waals surface area contributed by atoms with Crippen LogP contribution in [0.25, 0.3) is 10.9 Å². The van der Waals surface area contributed by atoms with Gasteiger partial charge >= 0.3 is 11.8 Å². The van der Waals surface area contributed by atoms with E-state index in [1.807, 2.05) is 38.4 Å². The predicted molar refractivity (Wildman–Crippen MR) is 150 cm³/mol. The molecule has 13 heteroatoms. The molecule has 0 bridgehead atoms. The van der Waals surface area contributed by atoms with Crippen LogP contribution in [0.4, 0.5) is 23.1 Å². The van der Waals surface area contributed by atoms with Crippen LogP contribution in [0.2, 0.25) is 0 Å². The van der Waals surface area contributed by atoms with E-state index in [0.717, 1.165) is 11.3 Å². The van der Waals surface area contributed by atoms with Crippen LogP contribution in [0.3, 0.4) is 0 Å².